The number of nitrogens with one attached hydrogen (secondary N) is 1. The number of para-hydroxylation sites is 1. The Kier molecular flexibility index (Phi) is 3.55. The topological polar surface area (TPSA) is 69.6 Å². The summed E-state index contributed by atoms with van der Waals surface area (Å²) in [6.07, 6.45) is 0.339. The van der Waals surface area contributed by atoms with Crippen LogP contribution in [0.5, 0.6) is 0 Å². The van der Waals surface area contributed by atoms with Crippen LogP contribution in [-0.4, -0.2) is 29.7 Å². The Labute approximate surface area is 111 Å². The number of carbonyl (C=O) groups excluding carboxylic acids is 1. The van der Waals surface area contributed by atoms with Gasteiger partial charge in [-0.3, -0.25) is 4.90 Å². The van der Waals surface area contributed by atoms with Crippen molar-refractivity contribution in [2.24, 2.45) is 0 Å². The predicted octanol–water partition coefficient (Wildman–Crippen LogP) is 1.79. The fraction of sp³-hybridized carbons (Fsp3) is 0.286. The molecule has 5 nitrogen and oxygen atoms in total. The highest BCUT2D eigenvalue weighted by atomic mass is 16.4. The largest absolute Gasteiger partial charge is 0.480 e. The Hall–Kier alpha value is -2.30. The summed E-state index contributed by atoms with van der Waals surface area (Å²) in [6, 6.07) is 5.99. The molecule has 0 saturated carbocycles. The van der Waals surface area contributed by atoms with Crippen LogP contribution in [0.25, 0.3) is 0 Å². The van der Waals surface area contributed by atoms with Gasteiger partial charge in [0.15, 0.2) is 0 Å². The van der Waals surface area contributed by atoms with Gasteiger partial charge in [0, 0.05) is 18.7 Å². The minimum absolute atomic E-state index is 0.337. The van der Waals surface area contributed by atoms with E-state index in [4.69, 9.17) is 0 Å². The monoisotopic (exact) mass is 260 g/mol. The van der Waals surface area contributed by atoms with Gasteiger partial charge in [-0.1, -0.05) is 30.4 Å². The molecule has 19 heavy (non-hydrogen) atoms. The molecule has 1 aromatic rings. The number of carbonyl (C=O) groups is 2. The Balaban J connectivity index is 2.26. The molecule has 5 heteroatoms. The molecule has 0 saturated heterocycles. The molecular formula is C14H16N2O3. The van der Waals surface area contributed by atoms with E-state index in [2.05, 4.69) is 11.9 Å². The van der Waals surface area contributed by atoms with Gasteiger partial charge in [-0.25, -0.2) is 9.59 Å². The first-order valence-corrected chi connectivity index (χ1v) is 6.03. The van der Waals surface area contributed by atoms with E-state index in [0.717, 1.165) is 11.1 Å². The lowest BCUT2D eigenvalue weighted by molar-refractivity contribution is -0.138. The van der Waals surface area contributed by atoms with Crippen molar-refractivity contribution in [1.82, 2.24) is 5.32 Å². The van der Waals surface area contributed by atoms with Gasteiger partial charge in [0.25, 0.3) is 0 Å². The third-order valence-electron chi connectivity index (χ3n) is 3.02. The van der Waals surface area contributed by atoms with Crippen LogP contribution in [0, 0.1) is 0 Å². The lowest BCUT2D eigenvalue weighted by Crippen LogP contribution is -2.48. The average molecular weight is 260 g/mol. The van der Waals surface area contributed by atoms with Crippen molar-refractivity contribution in [2.45, 2.75) is 19.4 Å². The first-order valence-electron chi connectivity index (χ1n) is 6.03. The Morgan fingerprint density at radius 1 is 1.47 bits per heavy atom. The molecule has 1 heterocycles. The summed E-state index contributed by atoms with van der Waals surface area (Å²) >= 11 is 0. The number of anilines is 1. The summed E-state index contributed by atoms with van der Waals surface area (Å²) in [7, 11) is 0. The van der Waals surface area contributed by atoms with Crippen molar-refractivity contribution < 1.29 is 14.7 Å². The van der Waals surface area contributed by atoms with Gasteiger partial charge in [-0.15, -0.1) is 0 Å². The molecule has 2 rings (SSSR count). The molecule has 1 atom stereocenters. The molecule has 100 valence electrons. The van der Waals surface area contributed by atoms with Crippen LogP contribution in [0.1, 0.15) is 12.5 Å². The highest BCUT2D eigenvalue weighted by Gasteiger charge is 2.38. The van der Waals surface area contributed by atoms with Crippen molar-refractivity contribution in [3.8, 4) is 0 Å². The van der Waals surface area contributed by atoms with E-state index in [1.165, 1.54) is 4.90 Å². The van der Waals surface area contributed by atoms with Gasteiger partial charge < -0.3 is 10.4 Å². The number of urea groups is 1. The zero-order valence-electron chi connectivity index (χ0n) is 10.7. The van der Waals surface area contributed by atoms with E-state index in [0.29, 0.717) is 18.7 Å². The lowest BCUT2D eigenvalue weighted by atomic mass is 10.1. The predicted molar refractivity (Wildman–Crippen MR) is 72.3 cm³/mol. The quantitative estimate of drug-likeness (QED) is 0.814. The lowest BCUT2D eigenvalue weighted by Gasteiger charge is -2.23. The number of aliphatic carboxylic acids is 1. The molecule has 2 N–H and O–H groups in total. The number of rotatable bonds is 3. The molecule has 1 aliphatic rings. The zero-order chi connectivity index (χ0) is 14.0. The number of hydrogen-bond acceptors (Lipinski definition) is 2. The minimum atomic E-state index is -0.998. The highest BCUT2D eigenvalue weighted by Crippen LogP contribution is 2.32. The summed E-state index contributed by atoms with van der Waals surface area (Å²) < 4.78 is 0. The first-order chi connectivity index (χ1) is 9.00. The molecule has 2 amide bonds. The second-order valence-electron chi connectivity index (χ2n) is 4.67. The average Bonchev–Trinajstić information content (AvgIpc) is 2.75. The number of fused-ring (bicyclic) bond motifs is 1. The van der Waals surface area contributed by atoms with Crippen LogP contribution in [0.2, 0.25) is 0 Å². The number of amides is 2. The van der Waals surface area contributed by atoms with E-state index in [1.807, 2.05) is 12.1 Å². The van der Waals surface area contributed by atoms with Crippen molar-refractivity contribution in [3.63, 3.8) is 0 Å². The Bertz CT molecular complexity index is 539. The number of nitrogens with zero attached hydrogens (tertiary/aromatic N) is 1. The van der Waals surface area contributed by atoms with Crippen LogP contribution in [-0.2, 0) is 11.2 Å². The van der Waals surface area contributed by atoms with Crippen LogP contribution in [0.15, 0.2) is 36.4 Å². The normalized spacial score (nSPS) is 16.9. The van der Waals surface area contributed by atoms with Crippen LogP contribution in [0.3, 0.4) is 0 Å². The summed E-state index contributed by atoms with van der Waals surface area (Å²) in [5.74, 6) is -0.998. The van der Waals surface area contributed by atoms with E-state index in [1.54, 1.807) is 19.1 Å². The van der Waals surface area contributed by atoms with Crippen molar-refractivity contribution in [2.75, 3.05) is 11.4 Å². The molecule has 1 aliphatic heterocycles. The van der Waals surface area contributed by atoms with Crippen LogP contribution < -0.4 is 10.2 Å². The SMILES string of the molecule is C=C(C)CNC(=O)N1c2ccccc2CC1C(=O)O. The second-order valence-corrected chi connectivity index (χ2v) is 4.67. The van der Waals surface area contributed by atoms with Gasteiger partial charge in [-0.05, 0) is 18.6 Å². The Morgan fingerprint density at radius 3 is 2.79 bits per heavy atom. The maximum absolute atomic E-state index is 12.1. The number of carboxylic acids is 1. The van der Waals surface area contributed by atoms with Crippen LogP contribution in [0.4, 0.5) is 10.5 Å². The van der Waals surface area contributed by atoms with Gasteiger partial charge in [0.05, 0.1) is 0 Å². The fourth-order valence-corrected chi connectivity index (χ4v) is 2.15. The molecule has 0 fully saturated rings. The van der Waals surface area contributed by atoms with E-state index in [9.17, 15) is 14.7 Å². The minimum Gasteiger partial charge on any atom is -0.480 e. The van der Waals surface area contributed by atoms with E-state index in [-0.39, 0.29) is 0 Å². The smallest absolute Gasteiger partial charge is 0.327 e. The molecule has 0 bridgehead atoms. The number of carboxylic acid groups (broad SMARTS) is 1. The molecule has 0 spiro atoms. The molecular weight excluding hydrogens is 244 g/mol. The molecule has 1 unspecified atom stereocenters. The van der Waals surface area contributed by atoms with Gasteiger partial charge in [0.2, 0.25) is 0 Å². The standard InChI is InChI=1S/C14H16N2O3/c1-9(2)8-15-14(19)16-11-6-4-3-5-10(11)7-12(16)13(17)18/h3-6,12H,1,7-8H2,2H3,(H,15,19)(H,17,18). The van der Waals surface area contributed by atoms with Crippen LogP contribution >= 0.6 is 0 Å². The first kappa shape index (κ1) is 13.1. The third-order valence-corrected chi connectivity index (χ3v) is 3.02. The number of hydrogen-bond donors (Lipinski definition) is 2. The number of benzene rings is 1. The summed E-state index contributed by atoms with van der Waals surface area (Å²) in [6.45, 7) is 5.84. The van der Waals surface area contributed by atoms with E-state index < -0.39 is 18.0 Å². The highest BCUT2D eigenvalue weighted by molar-refractivity contribution is 6.01. The van der Waals surface area contributed by atoms with Gasteiger partial charge in [-0.2, -0.15) is 0 Å². The zero-order valence-corrected chi connectivity index (χ0v) is 10.7. The summed E-state index contributed by atoms with van der Waals surface area (Å²) in [5.41, 5.74) is 2.35. The summed E-state index contributed by atoms with van der Waals surface area (Å²) in [4.78, 5) is 24.7. The third kappa shape index (κ3) is 2.59. The molecule has 1 aromatic carbocycles. The van der Waals surface area contributed by atoms with Crippen molar-refractivity contribution in [3.05, 3.63) is 42.0 Å². The molecule has 0 aromatic heterocycles. The maximum atomic E-state index is 12.1. The van der Waals surface area contributed by atoms with Crippen molar-refractivity contribution >= 4 is 17.7 Å². The Morgan fingerprint density at radius 2 is 2.16 bits per heavy atom. The summed E-state index contributed by atoms with van der Waals surface area (Å²) in [5, 5.41) is 11.9. The maximum Gasteiger partial charge on any atom is 0.327 e. The van der Waals surface area contributed by atoms with Gasteiger partial charge in [0.1, 0.15) is 6.04 Å². The fourth-order valence-electron chi connectivity index (χ4n) is 2.15. The van der Waals surface area contributed by atoms with Crippen molar-refractivity contribution in [1.29, 1.82) is 0 Å². The van der Waals surface area contributed by atoms with Gasteiger partial charge >= 0.3 is 12.0 Å². The van der Waals surface area contributed by atoms with E-state index >= 15 is 0 Å². The second kappa shape index (κ2) is 5.14. The molecule has 0 aliphatic carbocycles. The molecule has 0 radical (unpaired) electrons.